The van der Waals surface area contributed by atoms with Crippen LogP contribution in [0.5, 0.6) is 11.5 Å². The van der Waals surface area contributed by atoms with Gasteiger partial charge in [-0.25, -0.2) is 4.98 Å². The van der Waals surface area contributed by atoms with Crippen LogP contribution < -0.4 is 14.8 Å². The molecule has 1 aromatic carbocycles. The Morgan fingerprint density at radius 3 is 3.08 bits per heavy atom. The molecule has 0 unspecified atom stereocenters. The Balaban J connectivity index is 1.39. The topological polar surface area (TPSA) is 99.4 Å². The maximum atomic E-state index is 11.8. The molecule has 24 heavy (non-hydrogen) atoms. The van der Waals surface area contributed by atoms with E-state index in [2.05, 4.69) is 20.5 Å². The summed E-state index contributed by atoms with van der Waals surface area (Å²) in [6.07, 6.45) is 1.63. The average Bonchev–Trinajstić information content (AvgIpc) is 3.33. The largest absolute Gasteiger partial charge is 0.454 e. The van der Waals surface area contributed by atoms with E-state index in [1.165, 1.54) is 11.3 Å². The normalized spacial score (nSPS) is 12.3. The van der Waals surface area contributed by atoms with Gasteiger partial charge in [-0.05, 0) is 18.2 Å². The molecule has 10 heteroatoms. The van der Waals surface area contributed by atoms with Crippen LogP contribution in [0.1, 0.15) is 0 Å². The molecule has 0 fully saturated rings. The van der Waals surface area contributed by atoms with Crippen LogP contribution in [0.2, 0.25) is 0 Å². The van der Waals surface area contributed by atoms with Crippen LogP contribution >= 0.6 is 23.1 Å². The van der Waals surface area contributed by atoms with Gasteiger partial charge in [-0.15, -0.1) is 21.5 Å². The fourth-order valence-corrected chi connectivity index (χ4v) is 3.09. The number of carbonyl (C=O) groups excluding carboxylic acids is 1. The minimum Gasteiger partial charge on any atom is -0.454 e. The SMILES string of the molecule is O=C(CSc1nnc(-c2ccc3c(c2)OCO3)o1)Nc1nccs1. The number of carbonyl (C=O) groups is 1. The number of thiazole rings is 1. The maximum absolute atomic E-state index is 11.8. The van der Waals surface area contributed by atoms with E-state index in [-0.39, 0.29) is 18.5 Å². The molecule has 0 atom stereocenters. The summed E-state index contributed by atoms with van der Waals surface area (Å²) in [5.74, 6) is 1.66. The van der Waals surface area contributed by atoms with Crippen molar-refractivity contribution in [2.24, 2.45) is 0 Å². The highest BCUT2D eigenvalue weighted by molar-refractivity contribution is 7.99. The van der Waals surface area contributed by atoms with Crippen LogP contribution in [0.15, 0.2) is 39.4 Å². The van der Waals surface area contributed by atoms with Gasteiger partial charge in [-0.3, -0.25) is 4.79 Å². The molecular weight excluding hydrogens is 352 g/mol. The molecular formula is C14H10N4O4S2. The predicted molar refractivity (Wildman–Crippen MR) is 87.3 cm³/mol. The number of nitrogens with one attached hydrogen (secondary N) is 1. The standard InChI is InChI=1S/C14H10N4O4S2/c19-11(16-13-15-3-4-23-13)6-24-14-18-17-12(22-14)8-1-2-9-10(5-8)21-7-20-9/h1-5H,6-7H2,(H,15,16,19). The number of anilines is 1. The molecule has 3 aromatic rings. The zero-order valence-electron chi connectivity index (χ0n) is 12.1. The van der Waals surface area contributed by atoms with Gasteiger partial charge in [0.15, 0.2) is 16.6 Å². The number of rotatable bonds is 5. The van der Waals surface area contributed by atoms with Crippen LogP contribution in [-0.4, -0.2) is 33.6 Å². The number of aromatic nitrogens is 3. The molecule has 3 heterocycles. The Labute approximate surface area is 144 Å². The van der Waals surface area contributed by atoms with E-state index >= 15 is 0 Å². The summed E-state index contributed by atoms with van der Waals surface area (Å²) in [4.78, 5) is 15.8. The van der Waals surface area contributed by atoms with Crippen molar-refractivity contribution in [3.63, 3.8) is 0 Å². The highest BCUT2D eigenvalue weighted by atomic mass is 32.2. The van der Waals surface area contributed by atoms with Gasteiger partial charge in [0, 0.05) is 17.1 Å². The van der Waals surface area contributed by atoms with E-state index in [0.717, 1.165) is 17.3 Å². The first-order valence-corrected chi connectivity index (χ1v) is 8.70. The lowest BCUT2D eigenvalue weighted by Crippen LogP contribution is -2.13. The van der Waals surface area contributed by atoms with Gasteiger partial charge in [0.2, 0.25) is 18.6 Å². The molecule has 8 nitrogen and oxygen atoms in total. The molecule has 122 valence electrons. The van der Waals surface area contributed by atoms with Crippen molar-refractivity contribution in [1.82, 2.24) is 15.2 Å². The third-order valence-electron chi connectivity index (χ3n) is 3.03. The third kappa shape index (κ3) is 3.19. The van der Waals surface area contributed by atoms with E-state index in [1.54, 1.807) is 23.7 Å². The van der Waals surface area contributed by atoms with Gasteiger partial charge in [-0.1, -0.05) is 11.8 Å². The fourth-order valence-electron chi connectivity index (χ4n) is 1.98. The molecule has 0 spiro atoms. The molecule has 1 N–H and O–H groups in total. The predicted octanol–water partition coefficient (Wildman–Crippen LogP) is 2.65. The molecule has 0 aliphatic carbocycles. The van der Waals surface area contributed by atoms with E-state index in [9.17, 15) is 4.79 Å². The lowest BCUT2D eigenvalue weighted by molar-refractivity contribution is -0.113. The number of ether oxygens (including phenoxy) is 2. The Morgan fingerprint density at radius 1 is 1.29 bits per heavy atom. The number of fused-ring (bicyclic) bond motifs is 1. The molecule has 1 aliphatic rings. The van der Waals surface area contributed by atoms with Gasteiger partial charge in [0.05, 0.1) is 5.75 Å². The fraction of sp³-hybridized carbons (Fsp3) is 0.143. The second-order valence-electron chi connectivity index (χ2n) is 4.62. The first-order valence-electron chi connectivity index (χ1n) is 6.83. The number of benzene rings is 1. The second-order valence-corrected chi connectivity index (χ2v) is 6.44. The van der Waals surface area contributed by atoms with Crippen molar-refractivity contribution < 1.29 is 18.7 Å². The van der Waals surface area contributed by atoms with Gasteiger partial charge >= 0.3 is 0 Å². The minimum atomic E-state index is -0.183. The van der Waals surface area contributed by atoms with Crippen molar-refractivity contribution in [2.75, 3.05) is 17.9 Å². The molecule has 4 rings (SSSR count). The average molecular weight is 362 g/mol. The number of hydrogen-bond donors (Lipinski definition) is 1. The van der Waals surface area contributed by atoms with Crippen molar-refractivity contribution in [3.8, 4) is 23.0 Å². The summed E-state index contributed by atoms with van der Waals surface area (Å²) in [7, 11) is 0. The molecule has 1 aliphatic heterocycles. The summed E-state index contributed by atoms with van der Waals surface area (Å²) < 4.78 is 16.1. The number of thioether (sulfide) groups is 1. The van der Waals surface area contributed by atoms with Crippen molar-refractivity contribution >= 4 is 34.1 Å². The quantitative estimate of drug-likeness (QED) is 0.692. The number of amides is 1. The zero-order valence-corrected chi connectivity index (χ0v) is 13.7. The first kappa shape index (κ1) is 15.0. The summed E-state index contributed by atoms with van der Waals surface area (Å²) >= 11 is 2.52. The van der Waals surface area contributed by atoms with Gasteiger partial charge in [0.25, 0.3) is 5.22 Å². The van der Waals surface area contributed by atoms with Gasteiger partial charge in [-0.2, -0.15) is 0 Å². The molecule has 0 saturated carbocycles. The Hall–Kier alpha value is -2.59. The highest BCUT2D eigenvalue weighted by Gasteiger charge is 2.17. The third-order valence-corrected chi connectivity index (χ3v) is 4.54. The van der Waals surface area contributed by atoms with Crippen molar-refractivity contribution in [2.45, 2.75) is 5.22 Å². The lowest BCUT2D eigenvalue weighted by atomic mass is 10.2. The summed E-state index contributed by atoms with van der Waals surface area (Å²) in [5, 5.41) is 13.3. The zero-order chi connectivity index (χ0) is 16.4. The van der Waals surface area contributed by atoms with Gasteiger partial charge < -0.3 is 19.2 Å². The van der Waals surface area contributed by atoms with Crippen molar-refractivity contribution in [1.29, 1.82) is 0 Å². The first-order chi connectivity index (χ1) is 11.8. The Bertz CT molecular complexity index is 866. The van der Waals surface area contributed by atoms with Gasteiger partial charge in [0.1, 0.15) is 0 Å². The van der Waals surface area contributed by atoms with E-state index in [1.807, 2.05) is 6.07 Å². The van der Waals surface area contributed by atoms with E-state index < -0.39 is 0 Å². The summed E-state index contributed by atoms with van der Waals surface area (Å²) in [6.45, 7) is 0.206. The molecule has 1 amide bonds. The summed E-state index contributed by atoms with van der Waals surface area (Å²) in [5.41, 5.74) is 0.728. The van der Waals surface area contributed by atoms with Crippen LogP contribution in [0.3, 0.4) is 0 Å². The lowest BCUT2D eigenvalue weighted by Gasteiger charge is -1.99. The molecule has 2 aromatic heterocycles. The van der Waals surface area contributed by atoms with Crippen LogP contribution in [0, 0.1) is 0 Å². The maximum Gasteiger partial charge on any atom is 0.277 e. The Kier molecular flexibility index (Phi) is 4.05. The molecule has 0 saturated heterocycles. The smallest absolute Gasteiger partial charge is 0.277 e. The number of hydrogen-bond acceptors (Lipinski definition) is 9. The van der Waals surface area contributed by atoms with Crippen LogP contribution in [0.25, 0.3) is 11.5 Å². The second kappa shape index (κ2) is 6.49. The minimum absolute atomic E-state index is 0.155. The van der Waals surface area contributed by atoms with E-state index in [0.29, 0.717) is 27.7 Å². The highest BCUT2D eigenvalue weighted by Crippen LogP contribution is 2.35. The summed E-state index contributed by atoms with van der Waals surface area (Å²) in [6, 6.07) is 5.38. The Morgan fingerprint density at radius 2 is 2.21 bits per heavy atom. The van der Waals surface area contributed by atoms with Crippen molar-refractivity contribution in [3.05, 3.63) is 29.8 Å². The van der Waals surface area contributed by atoms with Crippen LogP contribution in [0.4, 0.5) is 5.13 Å². The van der Waals surface area contributed by atoms with E-state index in [4.69, 9.17) is 13.9 Å². The molecule has 0 bridgehead atoms. The van der Waals surface area contributed by atoms with Crippen LogP contribution in [-0.2, 0) is 4.79 Å². The number of nitrogens with zero attached hydrogens (tertiary/aromatic N) is 3. The monoisotopic (exact) mass is 362 g/mol. The molecule has 0 radical (unpaired) electrons.